The van der Waals surface area contributed by atoms with Gasteiger partial charge in [-0.05, 0) is 36.4 Å². The molecule has 0 atom stereocenters. The Morgan fingerprint density at radius 2 is 2.21 bits per heavy atom. The van der Waals surface area contributed by atoms with Gasteiger partial charge in [0, 0.05) is 20.3 Å². The van der Waals surface area contributed by atoms with Gasteiger partial charge in [0.15, 0.2) is 5.16 Å². The summed E-state index contributed by atoms with van der Waals surface area (Å²) in [6.45, 7) is 10.1. The molecule has 2 heterocycles. The molecule has 148 valence electrons. The summed E-state index contributed by atoms with van der Waals surface area (Å²) in [7, 11) is 5.55. The number of methoxy groups -OCH3 is 1. The van der Waals surface area contributed by atoms with Gasteiger partial charge in [-0.3, -0.25) is 4.98 Å². The van der Waals surface area contributed by atoms with Gasteiger partial charge < -0.3 is 14.2 Å². The quantitative estimate of drug-likeness (QED) is 0.198. The summed E-state index contributed by atoms with van der Waals surface area (Å²) in [4.78, 5) is 15.3. The van der Waals surface area contributed by atoms with E-state index in [9.17, 15) is 0 Å². The zero-order valence-corrected chi connectivity index (χ0v) is 17.7. The molecular weight excluding hydrogens is 370 g/mol. The highest BCUT2D eigenvalue weighted by Crippen LogP contribution is 2.27. The predicted molar refractivity (Wildman–Crippen MR) is 118 cm³/mol. The number of pyridine rings is 1. The van der Waals surface area contributed by atoms with E-state index in [1.807, 2.05) is 41.9 Å². The molecule has 0 aliphatic rings. The molecule has 0 aromatic carbocycles. The lowest BCUT2D eigenvalue weighted by molar-refractivity contribution is 0.289. The SMILES string of the molecule is C=C/C=C(\N=C(CCC)Sc1ncc(C(=C)N(C)c2cccnc2)n1C)OC. The van der Waals surface area contributed by atoms with Crippen LogP contribution in [-0.4, -0.2) is 33.7 Å². The van der Waals surface area contributed by atoms with E-state index >= 15 is 0 Å². The summed E-state index contributed by atoms with van der Waals surface area (Å²) in [6, 6.07) is 3.90. The number of rotatable bonds is 9. The van der Waals surface area contributed by atoms with Crippen molar-refractivity contribution in [1.82, 2.24) is 14.5 Å². The Bertz CT molecular complexity index is 870. The lowest BCUT2D eigenvalue weighted by Crippen LogP contribution is -2.16. The largest absolute Gasteiger partial charge is 0.481 e. The summed E-state index contributed by atoms with van der Waals surface area (Å²) in [5.41, 5.74) is 2.74. The molecule has 2 aromatic rings. The highest BCUT2D eigenvalue weighted by atomic mass is 32.2. The van der Waals surface area contributed by atoms with Gasteiger partial charge in [-0.15, -0.1) is 0 Å². The number of nitrogens with zero attached hydrogens (tertiary/aromatic N) is 5. The summed E-state index contributed by atoms with van der Waals surface area (Å²) in [5.74, 6) is 0.529. The number of aromatic nitrogens is 3. The molecule has 0 saturated carbocycles. The average Bonchev–Trinajstić information content (AvgIpc) is 3.07. The van der Waals surface area contributed by atoms with Crippen molar-refractivity contribution in [2.24, 2.45) is 12.0 Å². The van der Waals surface area contributed by atoms with E-state index in [2.05, 4.69) is 35.0 Å². The molecule has 0 fully saturated rings. The van der Waals surface area contributed by atoms with E-state index in [1.54, 1.807) is 31.7 Å². The zero-order valence-electron chi connectivity index (χ0n) is 16.9. The Morgan fingerprint density at radius 3 is 2.82 bits per heavy atom. The highest BCUT2D eigenvalue weighted by molar-refractivity contribution is 8.13. The molecule has 0 aliphatic heterocycles. The van der Waals surface area contributed by atoms with Crippen LogP contribution in [0.1, 0.15) is 25.5 Å². The van der Waals surface area contributed by atoms with Crippen LogP contribution >= 0.6 is 11.8 Å². The van der Waals surface area contributed by atoms with E-state index < -0.39 is 0 Å². The minimum absolute atomic E-state index is 0.529. The molecule has 0 saturated heterocycles. The van der Waals surface area contributed by atoms with Crippen LogP contribution in [0.5, 0.6) is 0 Å². The van der Waals surface area contributed by atoms with Crippen molar-refractivity contribution in [2.45, 2.75) is 24.9 Å². The van der Waals surface area contributed by atoms with E-state index in [4.69, 9.17) is 4.74 Å². The van der Waals surface area contributed by atoms with Gasteiger partial charge in [0.25, 0.3) is 0 Å². The maximum Gasteiger partial charge on any atom is 0.213 e. The fraction of sp³-hybridized carbons (Fsp3) is 0.286. The number of ether oxygens (including phenoxy) is 1. The maximum absolute atomic E-state index is 5.29. The number of hydrogen-bond donors (Lipinski definition) is 0. The third kappa shape index (κ3) is 5.36. The standard InChI is InChI=1S/C21H27N5OS/c1-7-10-19(27-6)24-20(11-8-2)28-21-23-15-18(26(21)5)16(3)25(4)17-12-9-13-22-14-17/h7,9-10,12-15H,1,3,8,11H2,2,4-6H3/b19-10+,24-20?. The number of aliphatic imine (C=N–C) groups is 1. The van der Waals surface area contributed by atoms with Crippen LogP contribution in [0.4, 0.5) is 5.69 Å². The number of anilines is 1. The van der Waals surface area contributed by atoms with E-state index in [0.29, 0.717) is 5.88 Å². The van der Waals surface area contributed by atoms with Gasteiger partial charge >= 0.3 is 0 Å². The molecule has 0 amide bonds. The van der Waals surface area contributed by atoms with Crippen molar-refractivity contribution in [2.75, 3.05) is 19.1 Å². The normalized spacial score (nSPS) is 12.0. The van der Waals surface area contributed by atoms with Crippen LogP contribution < -0.4 is 4.90 Å². The molecular formula is C21H27N5OS. The number of thioether (sulfide) groups is 1. The molecule has 0 unspecified atom stereocenters. The van der Waals surface area contributed by atoms with Crippen molar-refractivity contribution >= 4 is 28.2 Å². The molecule has 0 radical (unpaired) electrons. The maximum atomic E-state index is 5.29. The third-order valence-corrected chi connectivity index (χ3v) is 5.15. The molecule has 0 aliphatic carbocycles. The van der Waals surface area contributed by atoms with Gasteiger partial charge in [-0.1, -0.05) is 32.6 Å². The summed E-state index contributed by atoms with van der Waals surface area (Å²) >= 11 is 1.53. The summed E-state index contributed by atoms with van der Waals surface area (Å²) in [6.07, 6.45) is 10.6. The van der Waals surface area contributed by atoms with Gasteiger partial charge in [-0.25, -0.2) is 9.98 Å². The first-order valence-electron chi connectivity index (χ1n) is 8.98. The average molecular weight is 398 g/mol. The molecule has 2 rings (SSSR count). The monoisotopic (exact) mass is 397 g/mol. The van der Waals surface area contributed by atoms with Crippen LogP contribution in [0.2, 0.25) is 0 Å². The van der Waals surface area contributed by atoms with E-state index in [0.717, 1.165) is 40.1 Å². The van der Waals surface area contributed by atoms with Gasteiger partial charge in [0.2, 0.25) is 5.88 Å². The first-order valence-corrected chi connectivity index (χ1v) is 9.80. The molecule has 0 spiro atoms. The van der Waals surface area contributed by atoms with Crippen LogP contribution in [0.15, 0.2) is 72.1 Å². The molecule has 0 N–H and O–H groups in total. The van der Waals surface area contributed by atoms with Crippen LogP contribution in [-0.2, 0) is 11.8 Å². The molecule has 2 aromatic heterocycles. The van der Waals surface area contributed by atoms with E-state index in [1.165, 1.54) is 11.8 Å². The van der Waals surface area contributed by atoms with Crippen molar-refractivity contribution in [3.05, 3.63) is 67.6 Å². The minimum atomic E-state index is 0.529. The minimum Gasteiger partial charge on any atom is -0.481 e. The summed E-state index contributed by atoms with van der Waals surface area (Å²) in [5, 5.41) is 1.78. The molecule has 28 heavy (non-hydrogen) atoms. The van der Waals surface area contributed by atoms with Crippen LogP contribution in [0.25, 0.3) is 5.70 Å². The Hall–Kier alpha value is -2.80. The Labute approximate surface area is 171 Å². The third-order valence-electron chi connectivity index (χ3n) is 4.06. The molecule has 7 heteroatoms. The molecule has 0 bridgehead atoms. The first-order chi connectivity index (χ1) is 13.5. The second-order valence-corrected chi connectivity index (χ2v) is 7.04. The Balaban J connectivity index is 2.25. The predicted octanol–water partition coefficient (Wildman–Crippen LogP) is 4.89. The number of hydrogen-bond acceptors (Lipinski definition) is 6. The Morgan fingerprint density at radius 1 is 1.43 bits per heavy atom. The van der Waals surface area contributed by atoms with Crippen molar-refractivity contribution < 1.29 is 4.74 Å². The van der Waals surface area contributed by atoms with Gasteiger partial charge in [0.05, 0.1) is 41.6 Å². The van der Waals surface area contributed by atoms with Gasteiger partial charge in [-0.2, -0.15) is 0 Å². The number of allylic oxidation sites excluding steroid dienone is 2. The second kappa shape index (κ2) is 10.5. The lowest BCUT2D eigenvalue weighted by Gasteiger charge is -2.21. The van der Waals surface area contributed by atoms with Gasteiger partial charge in [0.1, 0.15) is 0 Å². The Kier molecular flexibility index (Phi) is 8.07. The summed E-state index contributed by atoms with van der Waals surface area (Å²) < 4.78 is 7.32. The number of imidazole rings is 1. The van der Waals surface area contributed by atoms with Crippen molar-refractivity contribution in [1.29, 1.82) is 0 Å². The molecule has 6 nitrogen and oxygen atoms in total. The van der Waals surface area contributed by atoms with E-state index in [-0.39, 0.29) is 0 Å². The topological polar surface area (TPSA) is 55.5 Å². The van der Waals surface area contributed by atoms with Crippen LogP contribution in [0.3, 0.4) is 0 Å². The van der Waals surface area contributed by atoms with Crippen molar-refractivity contribution in [3.8, 4) is 0 Å². The smallest absolute Gasteiger partial charge is 0.213 e. The second-order valence-electron chi connectivity index (χ2n) is 6.00. The van der Waals surface area contributed by atoms with Crippen molar-refractivity contribution in [3.63, 3.8) is 0 Å². The fourth-order valence-electron chi connectivity index (χ4n) is 2.46. The zero-order chi connectivity index (χ0) is 20.5. The fourth-order valence-corrected chi connectivity index (χ4v) is 3.45. The highest BCUT2D eigenvalue weighted by Gasteiger charge is 2.16. The lowest BCUT2D eigenvalue weighted by atomic mass is 10.3. The first kappa shape index (κ1) is 21.5. The van der Waals surface area contributed by atoms with Crippen LogP contribution in [0, 0.1) is 0 Å².